The lowest BCUT2D eigenvalue weighted by atomic mass is 10.1. The Kier molecular flexibility index (Phi) is 10.8. The Labute approximate surface area is 206 Å². The quantitative estimate of drug-likeness (QED) is 0.230. The Morgan fingerprint density at radius 3 is 2.58 bits per heavy atom. The molecule has 2 N–H and O–H groups in total. The van der Waals surface area contributed by atoms with Gasteiger partial charge in [-0.1, -0.05) is 61.0 Å². The van der Waals surface area contributed by atoms with Crippen LogP contribution in [0, 0.1) is 0 Å². The number of benzene rings is 2. The molecule has 0 radical (unpaired) electrons. The minimum absolute atomic E-state index is 0. The molecular formula is C23H30ClIN6. The van der Waals surface area contributed by atoms with E-state index in [4.69, 9.17) is 16.6 Å². The molecule has 3 aromatic rings. The van der Waals surface area contributed by atoms with Crippen molar-refractivity contribution in [2.45, 2.75) is 39.3 Å². The molecule has 0 aliphatic heterocycles. The van der Waals surface area contributed by atoms with Gasteiger partial charge in [-0.15, -0.1) is 34.2 Å². The first-order chi connectivity index (χ1) is 14.7. The molecule has 166 valence electrons. The SMILES string of the molecule is CCc1nncn1CCNC(=NCCc1ccc(Cl)cc1)NC(C)c1ccccc1.I. The molecule has 3 rings (SSSR count). The average Bonchev–Trinajstić information content (AvgIpc) is 3.23. The normalized spacial score (nSPS) is 12.2. The van der Waals surface area contributed by atoms with Crippen LogP contribution in [0.15, 0.2) is 65.9 Å². The van der Waals surface area contributed by atoms with Crippen LogP contribution < -0.4 is 10.6 Å². The largest absolute Gasteiger partial charge is 0.355 e. The van der Waals surface area contributed by atoms with Crippen LogP contribution in [0.4, 0.5) is 0 Å². The van der Waals surface area contributed by atoms with E-state index in [-0.39, 0.29) is 30.0 Å². The fourth-order valence-corrected chi connectivity index (χ4v) is 3.29. The Morgan fingerprint density at radius 2 is 1.87 bits per heavy atom. The van der Waals surface area contributed by atoms with Crippen molar-refractivity contribution in [3.05, 3.63) is 82.9 Å². The van der Waals surface area contributed by atoms with Crippen molar-refractivity contribution in [2.75, 3.05) is 13.1 Å². The van der Waals surface area contributed by atoms with Gasteiger partial charge in [0.25, 0.3) is 0 Å². The van der Waals surface area contributed by atoms with Crippen LogP contribution in [0.25, 0.3) is 0 Å². The molecule has 6 nitrogen and oxygen atoms in total. The number of hydrogen-bond acceptors (Lipinski definition) is 3. The molecule has 0 fully saturated rings. The van der Waals surface area contributed by atoms with E-state index in [9.17, 15) is 0 Å². The van der Waals surface area contributed by atoms with Crippen LogP contribution in [0.2, 0.25) is 5.02 Å². The number of rotatable bonds is 9. The summed E-state index contributed by atoms with van der Waals surface area (Å²) < 4.78 is 2.07. The van der Waals surface area contributed by atoms with Gasteiger partial charge in [0.2, 0.25) is 0 Å². The van der Waals surface area contributed by atoms with Gasteiger partial charge in [0.05, 0.1) is 6.04 Å². The summed E-state index contributed by atoms with van der Waals surface area (Å²) in [5, 5.41) is 15.9. The third kappa shape index (κ3) is 8.14. The minimum Gasteiger partial charge on any atom is -0.355 e. The molecule has 0 bridgehead atoms. The summed E-state index contributed by atoms with van der Waals surface area (Å²) in [7, 11) is 0. The topological polar surface area (TPSA) is 67.1 Å². The van der Waals surface area contributed by atoms with Crippen LogP contribution in [0.3, 0.4) is 0 Å². The van der Waals surface area contributed by atoms with Crippen molar-refractivity contribution in [1.82, 2.24) is 25.4 Å². The van der Waals surface area contributed by atoms with Crippen molar-refractivity contribution in [2.24, 2.45) is 4.99 Å². The van der Waals surface area contributed by atoms with Crippen LogP contribution >= 0.6 is 35.6 Å². The molecule has 1 unspecified atom stereocenters. The Hall–Kier alpha value is -2.13. The molecule has 1 atom stereocenters. The average molecular weight is 553 g/mol. The van der Waals surface area contributed by atoms with Gasteiger partial charge in [-0.25, -0.2) is 0 Å². The number of aromatic nitrogens is 3. The summed E-state index contributed by atoms with van der Waals surface area (Å²) in [6, 6.07) is 18.4. The highest BCUT2D eigenvalue weighted by Gasteiger charge is 2.08. The summed E-state index contributed by atoms with van der Waals surface area (Å²) in [6.45, 7) is 6.43. The number of nitrogens with zero attached hydrogens (tertiary/aromatic N) is 4. The fraction of sp³-hybridized carbons (Fsp3) is 0.348. The van der Waals surface area contributed by atoms with Gasteiger partial charge in [0.1, 0.15) is 12.2 Å². The van der Waals surface area contributed by atoms with Gasteiger partial charge in [-0.05, 0) is 36.6 Å². The van der Waals surface area contributed by atoms with Crippen molar-refractivity contribution >= 4 is 41.5 Å². The minimum atomic E-state index is 0. The molecule has 0 aliphatic rings. The highest BCUT2D eigenvalue weighted by atomic mass is 127. The first-order valence-corrected chi connectivity index (χ1v) is 10.7. The predicted molar refractivity (Wildman–Crippen MR) is 138 cm³/mol. The highest BCUT2D eigenvalue weighted by molar-refractivity contribution is 14.0. The first kappa shape index (κ1) is 25.1. The van der Waals surface area contributed by atoms with Crippen molar-refractivity contribution < 1.29 is 0 Å². The van der Waals surface area contributed by atoms with Gasteiger partial charge in [0, 0.05) is 31.1 Å². The van der Waals surface area contributed by atoms with Crippen molar-refractivity contribution in [1.29, 1.82) is 0 Å². The van der Waals surface area contributed by atoms with Crippen molar-refractivity contribution in [3.8, 4) is 0 Å². The second-order valence-corrected chi connectivity index (χ2v) is 7.54. The smallest absolute Gasteiger partial charge is 0.191 e. The molecule has 0 aliphatic carbocycles. The molecule has 8 heteroatoms. The van der Waals surface area contributed by atoms with Gasteiger partial charge in [-0.3, -0.25) is 4.99 Å². The lowest BCUT2D eigenvalue weighted by molar-refractivity contribution is 0.619. The summed E-state index contributed by atoms with van der Waals surface area (Å²) in [5.41, 5.74) is 2.44. The maximum absolute atomic E-state index is 5.97. The fourth-order valence-electron chi connectivity index (χ4n) is 3.16. The van der Waals surface area contributed by atoms with Crippen LogP contribution in [-0.4, -0.2) is 33.8 Å². The second kappa shape index (κ2) is 13.3. The number of guanidine groups is 1. The summed E-state index contributed by atoms with van der Waals surface area (Å²) in [4.78, 5) is 4.79. The van der Waals surface area contributed by atoms with E-state index in [1.165, 1.54) is 11.1 Å². The molecule has 0 amide bonds. The Bertz CT molecular complexity index is 927. The van der Waals surface area contributed by atoms with Gasteiger partial charge < -0.3 is 15.2 Å². The molecule has 0 saturated carbocycles. The van der Waals surface area contributed by atoms with Crippen molar-refractivity contribution in [3.63, 3.8) is 0 Å². The predicted octanol–water partition coefficient (Wildman–Crippen LogP) is 4.65. The van der Waals surface area contributed by atoms with Gasteiger partial charge in [-0.2, -0.15) is 0 Å². The summed E-state index contributed by atoms with van der Waals surface area (Å²) in [6.07, 6.45) is 3.50. The van der Waals surface area contributed by atoms with Gasteiger partial charge >= 0.3 is 0 Å². The lowest BCUT2D eigenvalue weighted by Crippen LogP contribution is -2.40. The van der Waals surface area contributed by atoms with Crippen LogP contribution in [0.1, 0.15) is 36.8 Å². The van der Waals surface area contributed by atoms with E-state index in [1.54, 1.807) is 6.33 Å². The number of halogens is 2. The second-order valence-electron chi connectivity index (χ2n) is 7.10. The maximum atomic E-state index is 5.97. The van der Waals surface area contributed by atoms with Gasteiger partial charge in [0.15, 0.2) is 5.96 Å². The number of aliphatic imine (C=N–C) groups is 1. The molecule has 1 heterocycles. The van der Waals surface area contributed by atoms with E-state index in [2.05, 4.69) is 63.5 Å². The molecule has 0 saturated heterocycles. The molecule has 1 aromatic heterocycles. The number of aryl methyl sites for hydroxylation is 1. The first-order valence-electron chi connectivity index (χ1n) is 10.4. The third-order valence-electron chi connectivity index (χ3n) is 4.89. The molecular weight excluding hydrogens is 523 g/mol. The maximum Gasteiger partial charge on any atom is 0.191 e. The zero-order chi connectivity index (χ0) is 21.2. The number of hydrogen-bond donors (Lipinski definition) is 2. The zero-order valence-electron chi connectivity index (χ0n) is 18.0. The van der Waals surface area contributed by atoms with E-state index < -0.39 is 0 Å². The summed E-state index contributed by atoms with van der Waals surface area (Å²) in [5.74, 6) is 1.79. The van der Waals surface area contributed by atoms with E-state index in [0.717, 1.165) is 42.7 Å². The molecule has 31 heavy (non-hydrogen) atoms. The zero-order valence-corrected chi connectivity index (χ0v) is 21.0. The van der Waals surface area contributed by atoms with E-state index in [0.29, 0.717) is 6.54 Å². The Balaban J connectivity index is 0.00000341. The molecule has 0 spiro atoms. The highest BCUT2D eigenvalue weighted by Crippen LogP contribution is 2.11. The number of nitrogens with one attached hydrogen (secondary N) is 2. The molecule has 2 aromatic carbocycles. The van der Waals surface area contributed by atoms with E-state index >= 15 is 0 Å². The van der Waals surface area contributed by atoms with Crippen LogP contribution in [-0.2, 0) is 19.4 Å². The Morgan fingerprint density at radius 1 is 1.13 bits per heavy atom. The van der Waals surface area contributed by atoms with E-state index in [1.807, 2.05) is 30.3 Å². The third-order valence-corrected chi connectivity index (χ3v) is 5.15. The summed E-state index contributed by atoms with van der Waals surface area (Å²) >= 11 is 5.97. The standard InChI is InChI=1S/C23H29ClN6.HI/c1-3-22-29-27-17-30(22)16-15-26-23(28-18(2)20-7-5-4-6-8-20)25-14-13-19-9-11-21(24)12-10-19;/h4-12,17-18H,3,13-16H2,1-2H3,(H2,25,26,28);1H. The monoisotopic (exact) mass is 552 g/mol. The van der Waals surface area contributed by atoms with Crippen LogP contribution in [0.5, 0.6) is 0 Å². The lowest BCUT2D eigenvalue weighted by Gasteiger charge is -2.19.